The molecule has 0 aliphatic rings. The van der Waals surface area contributed by atoms with E-state index >= 15 is 0 Å². The van der Waals surface area contributed by atoms with Crippen molar-refractivity contribution in [1.29, 1.82) is 0 Å². The number of benzene rings is 3. The Labute approximate surface area is 234 Å². The molecule has 7 nitrogen and oxygen atoms in total. The summed E-state index contributed by atoms with van der Waals surface area (Å²) in [6.45, 7) is 6.44. The van der Waals surface area contributed by atoms with E-state index in [1.807, 2.05) is 20.8 Å². The van der Waals surface area contributed by atoms with Crippen molar-refractivity contribution in [1.82, 2.24) is 10.2 Å². The summed E-state index contributed by atoms with van der Waals surface area (Å²) in [5.41, 5.74) is 1.68. The number of nitrogens with zero attached hydrogens (tertiary/aromatic N) is 2. The topological polar surface area (TPSA) is 86.8 Å². The van der Waals surface area contributed by atoms with Gasteiger partial charge in [0.2, 0.25) is 11.8 Å². The van der Waals surface area contributed by atoms with E-state index in [2.05, 4.69) is 5.32 Å². The van der Waals surface area contributed by atoms with Crippen LogP contribution >= 0.6 is 23.2 Å². The Bertz CT molecular complexity index is 1360. The molecule has 3 rings (SSSR count). The molecule has 0 aliphatic carbocycles. The Balaban J connectivity index is 2.04. The maximum Gasteiger partial charge on any atom is 0.264 e. The van der Waals surface area contributed by atoms with Crippen LogP contribution in [0.5, 0.6) is 0 Å². The Kier molecular flexibility index (Phi) is 9.82. The second-order valence-electron chi connectivity index (χ2n) is 9.22. The van der Waals surface area contributed by atoms with Gasteiger partial charge in [0.25, 0.3) is 10.0 Å². The highest BCUT2D eigenvalue weighted by Crippen LogP contribution is 2.28. The number of nitrogens with one attached hydrogen (secondary N) is 1. The van der Waals surface area contributed by atoms with E-state index < -0.39 is 28.5 Å². The van der Waals surface area contributed by atoms with Crippen LogP contribution < -0.4 is 9.62 Å². The van der Waals surface area contributed by atoms with Gasteiger partial charge in [-0.15, -0.1) is 0 Å². The van der Waals surface area contributed by atoms with Gasteiger partial charge in [0, 0.05) is 28.2 Å². The summed E-state index contributed by atoms with van der Waals surface area (Å²) in [4.78, 5) is 28.2. The van der Waals surface area contributed by atoms with Gasteiger partial charge in [0.05, 0.1) is 10.6 Å². The number of anilines is 1. The van der Waals surface area contributed by atoms with Crippen molar-refractivity contribution in [2.45, 2.75) is 51.2 Å². The average molecular weight is 577 g/mol. The molecule has 2 amide bonds. The van der Waals surface area contributed by atoms with E-state index in [0.717, 1.165) is 9.87 Å². The molecule has 3 aromatic carbocycles. The maximum absolute atomic E-state index is 13.9. The molecule has 0 radical (unpaired) electrons. The lowest BCUT2D eigenvalue weighted by Gasteiger charge is -2.32. The van der Waals surface area contributed by atoms with Crippen molar-refractivity contribution in [2.24, 2.45) is 0 Å². The summed E-state index contributed by atoms with van der Waals surface area (Å²) in [5.74, 6) is -0.976. The molecular weight excluding hydrogens is 545 g/mol. The van der Waals surface area contributed by atoms with Gasteiger partial charge >= 0.3 is 0 Å². The molecule has 0 heterocycles. The maximum atomic E-state index is 13.9. The van der Waals surface area contributed by atoms with Crippen molar-refractivity contribution in [3.8, 4) is 0 Å². The largest absolute Gasteiger partial charge is 0.352 e. The van der Waals surface area contributed by atoms with Gasteiger partial charge in [0.15, 0.2) is 0 Å². The van der Waals surface area contributed by atoms with E-state index in [9.17, 15) is 18.0 Å². The molecule has 0 saturated carbocycles. The van der Waals surface area contributed by atoms with Crippen LogP contribution in [0.4, 0.5) is 5.69 Å². The number of sulfonamides is 1. The van der Waals surface area contributed by atoms with Crippen molar-refractivity contribution in [2.75, 3.05) is 10.8 Å². The first kappa shape index (κ1) is 29.5. The predicted octanol–water partition coefficient (Wildman–Crippen LogP) is 5.44. The highest BCUT2D eigenvalue weighted by molar-refractivity contribution is 7.92. The van der Waals surface area contributed by atoms with Crippen molar-refractivity contribution < 1.29 is 18.0 Å². The normalized spacial score (nSPS) is 12.2. The molecule has 1 N–H and O–H groups in total. The lowest BCUT2D eigenvalue weighted by atomic mass is 10.1. The zero-order valence-electron chi connectivity index (χ0n) is 21.7. The fourth-order valence-corrected chi connectivity index (χ4v) is 5.73. The summed E-state index contributed by atoms with van der Waals surface area (Å²) in [7, 11) is -4.12. The fraction of sp³-hybridized carbons (Fsp3) is 0.286. The molecule has 0 unspecified atom stereocenters. The second-order valence-corrected chi connectivity index (χ2v) is 11.9. The number of aryl methyl sites for hydroxylation is 1. The molecule has 0 spiro atoms. The van der Waals surface area contributed by atoms with Crippen LogP contribution in [0.2, 0.25) is 10.0 Å². The number of para-hydroxylation sites is 1. The van der Waals surface area contributed by atoms with Crippen LogP contribution in [0.15, 0.2) is 77.7 Å². The fourth-order valence-electron chi connectivity index (χ4n) is 3.80. The van der Waals surface area contributed by atoms with Crippen molar-refractivity contribution in [3.63, 3.8) is 0 Å². The van der Waals surface area contributed by atoms with Gasteiger partial charge < -0.3 is 10.2 Å². The van der Waals surface area contributed by atoms with E-state index in [0.29, 0.717) is 21.3 Å². The first-order valence-corrected chi connectivity index (χ1v) is 14.3. The molecule has 1 atom stereocenters. The van der Waals surface area contributed by atoms with Gasteiger partial charge in [-0.05, 0) is 64.1 Å². The monoisotopic (exact) mass is 575 g/mol. The Morgan fingerprint density at radius 2 is 1.45 bits per heavy atom. The number of carbonyl (C=O) groups is 2. The van der Waals surface area contributed by atoms with E-state index in [-0.39, 0.29) is 23.4 Å². The number of hydrogen-bond acceptors (Lipinski definition) is 4. The smallest absolute Gasteiger partial charge is 0.264 e. The van der Waals surface area contributed by atoms with Crippen LogP contribution in [0.3, 0.4) is 0 Å². The molecule has 0 bridgehead atoms. The average Bonchev–Trinajstić information content (AvgIpc) is 2.87. The summed E-state index contributed by atoms with van der Waals surface area (Å²) >= 11 is 12.8. The van der Waals surface area contributed by atoms with Gasteiger partial charge in [-0.25, -0.2) is 8.42 Å². The molecular formula is C28H31Cl2N3O4S. The van der Waals surface area contributed by atoms with Gasteiger partial charge in [-0.3, -0.25) is 13.9 Å². The summed E-state index contributed by atoms with van der Waals surface area (Å²) in [6.07, 6.45) is 0. The predicted molar refractivity (Wildman–Crippen MR) is 152 cm³/mol. The van der Waals surface area contributed by atoms with Crippen LogP contribution in [-0.2, 0) is 26.2 Å². The molecule has 0 saturated heterocycles. The molecule has 0 aromatic heterocycles. The van der Waals surface area contributed by atoms with Crippen LogP contribution in [0.1, 0.15) is 31.9 Å². The number of carbonyl (C=O) groups excluding carboxylic acids is 2. The van der Waals surface area contributed by atoms with Crippen molar-refractivity contribution in [3.05, 3.63) is 94.0 Å². The quantitative estimate of drug-likeness (QED) is 0.348. The summed E-state index contributed by atoms with van der Waals surface area (Å²) < 4.78 is 28.6. The Hall–Kier alpha value is -3.07. The third-order valence-electron chi connectivity index (χ3n) is 5.92. The zero-order chi connectivity index (χ0) is 28.0. The lowest BCUT2D eigenvalue weighted by molar-refractivity contribution is -0.139. The highest BCUT2D eigenvalue weighted by Gasteiger charge is 2.33. The summed E-state index contributed by atoms with van der Waals surface area (Å²) in [6, 6.07) is 18.6. The molecule has 202 valence electrons. The van der Waals surface area contributed by atoms with Crippen molar-refractivity contribution >= 4 is 50.7 Å². The van der Waals surface area contributed by atoms with Gasteiger partial charge in [0.1, 0.15) is 12.6 Å². The van der Waals surface area contributed by atoms with Crippen LogP contribution in [-0.4, -0.2) is 43.8 Å². The van der Waals surface area contributed by atoms with Gasteiger partial charge in [-0.2, -0.15) is 0 Å². The van der Waals surface area contributed by atoms with E-state index in [1.54, 1.807) is 67.6 Å². The number of amides is 2. The minimum absolute atomic E-state index is 0.0473. The third-order valence-corrected chi connectivity index (χ3v) is 8.42. The number of hydrogen-bond donors (Lipinski definition) is 1. The summed E-state index contributed by atoms with van der Waals surface area (Å²) in [5, 5.41) is 3.47. The first-order chi connectivity index (χ1) is 17.9. The highest BCUT2D eigenvalue weighted by atomic mass is 35.5. The van der Waals surface area contributed by atoms with E-state index in [1.165, 1.54) is 17.0 Å². The second kappa shape index (κ2) is 12.7. The molecule has 0 aliphatic heterocycles. The third kappa shape index (κ3) is 7.07. The lowest BCUT2D eigenvalue weighted by Crippen LogP contribution is -2.52. The van der Waals surface area contributed by atoms with E-state index in [4.69, 9.17) is 23.2 Å². The molecule has 10 heteroatoms. The standard InChI is InChI=1S/C28H31Cl2N3O4S/c1-19(2)31-28(35)21(4)32(17-24-25(29)11-8-12-26(24)30)27(34)18-33(22-9-6-5-7-10-22)38(36,37)23-15-13-20(3)14-16-23/h5-16,19,21H,17-18H2,1-4H3,(H,31,35)/t21-/m1/s1. The molecule has 38 heavy (non-hydrogen) atoms. The number of rotatable bonds is 10. The molecule has 3 aromatic rings. The minimum Gasteiger partial charge on any atom is -0.352 e. The zero-order valence-corrected chi connectivity index (χ0v) is 24.0. The number of halogens is 2. The Morgan fingerprint density at radius 1 is 0.868 bits per heavy atom. The molecule has 0 fully saturated rings. The van der Waals surface area contributed by atoms with Crippen LogP contribution in [0.25, 0.3) is 0 Å². The Morgan fingerprint density at radius 3 is 2.00 bits per heavy atom. The van der Waals surface area contributed by atoms with Crippen LogP contribution in [0, 0.1) is 6.92 Å². The first-order valence-electron chi connectivity index (χ1n) is 12.1. The SMILES string of the molecule is Cc1ccc(S(=O)(=O)N(CC(=O)N(Cc2c(Cl)cccc2Cl)[C@H](C)C(=O)NC(C)C)c2ccccc2)cc1. The van der Waals surface area contributed by atoms with Gasteiger partial charge in [-0.1, -0.05) is 65.2 Å². The minimum atomic E-state index is -4.12.